The summed E-state index contributed by atoms with van der Waals surface area (Å²) in [5.74, 6) is -4.49. The van der Waals surface area contributed by atoms with Gasteiger partial charge in [-0.1, -0.05) is 51.3 Å². The number of rotatable bonds is 6. The van der Waals surface area contributed by atoms with Crippen molar-refractivity contribution in [1.29, 1.82) is 0 Å². The second-order valence-corrected chi connectivity index (χ2v) is 10.5. The third-order valence-corrected chi connectivity index (χ3v) is 7.44. The number of primary amides is 1. The second kappa shape index (κ2) is 8.85. The van der Waals surface area contributed by atoms with Crippen molar-refractivity contribution in [3.63, 3.8) is 0 Å². The maximum atomic E-state index is 17.2. The average molecular weight is 579 g/mol. The first-order chi connectivity index (χ1) is 16.6. The minimum absolute atomic E-state index is 0.0237. The summed E-state index contributed by atoms with van der Waals surface area (Å²) in [4.78, 5) is 30.8. The number of hydrogen-bond donors (Lipinski definition) is 1. The molecule has 1 fully saturated rings. The lowest BCUT2D eigenvalue weighted by atomic mass is 9.97. The smallest absolute Gasteiger partial charge is 0.341 e. The standard InChI is InChI=1S/C25H19BrCl2FN3O3/c26-15-3-8-20-19(11-15)21(14-1-4-16(27)5-2-14)32(13-18-7-6-17(28)12-31-18)25(20,29)35-23(34)24(9-10-24)22(30)33/h1-8,11-12,21H,9-10,13H2,(H2,30,33). The van der Waals surface area contributed by atoms with Gasteiger partial charge in [-0.25, -0.2) is 4.90 Å². The highest BCUT2D eigenvalue weighted by Crippen LogP contribution is 2.55. The zero-order chi connectivity index (χ0) is 25.0. The highest BCUT2D eigenvalue weighted by molar-refractivity contribution is 9.10. The average Bonchev–Trinajstić information content (AvgIpc) is 3.60. The molecule has 2 aromatic carbocycles. The fraction of sp³-hybridized carbons (Fsp3) is 0.240. The van der Waals surface area contributed by atoms with Gasteiger partial charge in [-0.3, -0.25) is 14.6 Å². The zero-order valence-corrected chi connectivity index (χ0v) is 21.3. The maximum Gasteiger partial charge on any atom is 0.341 e. The Morgan fingerprint density at radius 3 is 2.40 bits per heavy atom. The Hall–Kier alpha value is -2.52. The number of aromatic nitrogens is 1. The Labute approximate surface area is 219 Å². The van der Waals surface area contributed by atoms with Crippen LogP contribution in [0.15, 0.2) is 65.3 Å². The highest BCUT2D eigenvalue weighted by atomic mass is 79.9. The van der Waals surface area contributed by atoms with Gasteiger partial charge in [0.25, 0.3) is 0 Å². The molecule has 6 nitrogen and oxygen atoms in total. The topological polar surface area (TPSA) is 85.5 Å². The summed E-state index contributed by atoms with van der Waals surface area (Å²) in [6, 6.07) is 14.7. The number of nitrogens with two attached hydrogens (primary N) is 1. The highest BCUT2D eigenvalue weighted by Gasteiger charge is 2.62. The minimum atomic E-state index is -2.69. The molecule has 1 aliphatic carbocycles. The summed E-state index contributed by atoms with van der Waals surface area (Å²) in [6.45, 7) is -0.0237. The van der Waals surface area contributed by atoms with Crippen molar-refractivity contribution >= 4 is 51.0 Å². The van der Waals surface area contributed by atoms with Crippen molar-refractivity contribution in [2.24, 2.45) is 11.1 Å². The Morgan fingerprint density at radius 1 is 1.11 bits per heavy atom. The molecule has 5 rings (SSSR count). The molecule has 1 amide bonds. The van der Waals surface area contributed by atoms with Crippen LogP contribution < -0.4 is 5.73 Å². The molecule has 1 aliphatic heterocycles. The molecular formula is C25H19BrCl2FN3O3. The van der Waals surface area contributed by atoms with Gasteiger partial charge in [-0.05, 0) is 66.4 Å². The van der Waals surface area contributed by atoms with E-state index in [1.807, 2.05) is 0 Å². The van der Waals surface area contributed by atoms with Gasteiger partial charge in [0.1, 0.15) is 5.41 Å². The molecule has 0 bridgehead atoms. The number of esters is 1. The summed E-state index contributed by atoms with van der Waals surface area (Å²) in [5.41, 5.74) is 5.94. The SMILES string of the molecule is NC(=O)C1(C(=O)OC2(F)c3ccc(Br)cc3C(c3ccc(Cl)cc3)N2Cc2ccc(Cl)cn2)CC1. The molecule has 180 valence electrons. The van der Waals surface area contributed by atoms with Crippen LogP contribution in [-0.2, 0) is 26.8 Å². The van der Waals surface area contributed by atoms with Crippen LogP contribution in [0.1, 0.15) is 41.3 Å². The van der Waals surface area contributed by atoms with Crippen LogP contribution in [0.5, 0.6) is 0 Å². The van der Waals surface area contributed by atoms with E-state index in [-0.39, 0.29) is 24.9 Å². The normalized spacial score (nSPS) is 22.5. The van der Waals surface area contributed by atoms with Crippen LogP contribution in [0.2, 0.25) is 10.0 Å². The van der Waals surface area contributed by atoms with Crippen molar-refractivity contribution in [3.05, 3.63) is 97.7 Å². The fourth-order valence-corrected chi connectivity index (χ4v) is 5.03. The van der Waals surface area contributed by atoms with Gasteiger partial charge in [0.2, 0.25) is 5.91 Å². The Bertz CT molecular complexity index is 1320. The molecule has 10 heteroatoms. The second-order valence-electron chi connectivity index (χ2n) is 8.68. The third kappa shape index (κ3) is 4.22. The fourth-order valence-electron chi connectivity index (χ4n) is 4.41. The monoisotopic (exact) mass is 577 g/mol. The van der Waals surface area contributed by atoms with Crippen LogP contribution in [0.3, 0.4) is 0 Å². The van der Waals surface area contributed by atoms with Gasteiger partial charge in [0, 0.05) is 22.2 Å². The van der Waals surface area contributed by atoms with E-state index in [4.69, 9.17) is 33.7 Å². The zero-order valence-electron chi connectivity index (χ0n) is 18.2. The van der Waals surface area contributed by atoms with Crippen molar-refractivity contribution in [3.8, 4) is 0 Å². The van der Waals surface area contributed by atoms with Gasteiger partial charge in [0.05, 0.1) is 22.3 Å². The van der Waals surface area contributed by atoms with Gasteiger partial charge >= 0.3 is 11.9 Å². The molecule has 2 atom stereocenters. The largest absolute Gasteiger partial charge is 0.409 e. The molecule has 0 radical (unpaired) electrons. The van der Waals surface area contributed by atoms with Gasteiger partial charge in [-0.2, -0.15) is 4.39 Å². The number of ether oxygens (including phenoxy) is 1. The Kier molecular flexibility index (Phi) is 6.12. The Balaban J connectivity index is 1.65. The molecule has 1 saturated carbocycles. The lowest BCUT2D eigenvalue weighted by Gasteiger charge is -2.35. The predicted octanol–water partition coefficient (Wildman–Crippen LogP) is 5.64. The maximum absolute atomic E-state index is 17.2. The number of benzene rings is 2. The summed E-state index contributed by atoms with van der Waals surface area (Å²) in [7, 11) is 0. The minimum Gasteiger partial charge on any atom is -0.409 e. The summed E-state index contributed by atoms with van der Waals surface area (Å²) in [5, 5.41) is 0.967. The van der Waals surface area contributed by atoms with Crippen LogP contribution in [0.4, 0.5) is 4.39 Å². The molecule has 2 unspecified atom stereocenters. The van der Waals surface area contributed by atoms with Gasteiger partial charge < -0.3 is 10.5 Å². The number of nitrogens with zero attached hydrogens (tertiary/aromatic N) is 2. The number of carbonyl (C=O) groups is 2. The molecule has 0 saturated heterocycles. The van der Waals surface area contributed by atoms with Crippen LogP contribution in [-0.4, -0.2) is 21.8 Å². The first-order valence-electron chi connectivity index (χ1n) is 10.8. The number of carbonyl (C=O) groups excluding carboxylic acids is 2. The number of hydrogen-bond acceptors (Lipinski definition) is 5. The molecular weight excluding hydrogens is 560 g/mol. The van der Waals surface area contributed by atoms with E-state index < -0.39 is 29.3 Å². The first-order valence-corrected chi connectivity index (χ1v) is 12.3. The number of halogens is 4. The summed E-state index contributed by atoms with van der Waals surface area (Å²) < 4.78 is 23.5. The summed E-state index contributed by atoms with van der Waals surface area (Å²) >= 11 is 15.6. The quantitative estimate of drug-likeness (QED) is 0.232. The van der Waals surface area contributed by atoms with Crippen molar-refractivity contribution in [2.45, 2.75) is 31.4 Å². The van der Waals surface area contributed by atoms with Crippen LogP contribution >= 0.6 is 39.1 Å². The lowest BCUT2D eigenvalue weighted by Crippen LogP contribution is -2.46. The van der Waals surface area contributed by atoms with Crippen LogP contribution in [0.25, 0.3) is 0 Å². The first kappa shape index (κ1) is 24.2. The third-order valence-electron chi connectivity index (χ3n) is 6.47. The van der Waals surface area contributed by atoms with Crippen molar-refractivity contribution in [2.75, 3.05) is 0 Å². The molecule has 2 aliphatic rings. The number of pyridine rings is 1. The molecule has 0 spiro atoms. The van der Waals surface area contributed by atoms with E-state index in [0.717, 1.165) is 10.0 Å². The molecule has 1 aromatic heterocycles. The van der Waals surface area contributed by atoms with Gasteiger partial charge in [0.15, 0.2) is 0 Å². The van der Waals surface area contributed by atoms with E-state index in [1.165, 1.54) is 11.1 Å². The molecule has 2 N–H and O–H groups in total. The van der Waals surface area contributed by atoms with E-state index in [9.17, 15) is 9.59 Å². The van der Waals surface area contributed by atoms with E-state index in [1.54, 1.807) is 54.6 Å². The molecule has 3 aromatic rings. The number of amides is 1. The van der Waals surface area contributed by atoms with E-state index in [2.05, 4.69) is 20.9 Å². The van der Waals surface area contributed by atoms with Crippen LogP contribution in [0, 0.1) is 5.41 Å². The molecule has 35 heavy (non-hydrogen) atoms. The Morgan fingerprint density at radius 2 is 1.80 bits per heavy atom. The molecule has 2 heterocycles. The predicted molar refractivity (Wildman–Crippen MR) is 132 cm³/mol. The van der Waals surface area contributed by atoms with Gasteiger partial charge in [-0.15, -0.1) is 0 Å². The summed E-state index contributed by atoms with van der Waals surface area (Å²) in [6.07, 6.45) is 1.92. The number of fused-ring (bicyclic) bond motifs is 1. The number of alkyl halides is 1. The van der Waals surface area contributed by atoms with E-state index in [0.29, 0.717) is 21.3 Å². The van der Waals surface area contributed by atoms with Crippen molar-refractivity contribution < 1.29 is 18.7 Å². The van der Waals surface area contributed by atoms with E-state index >= 15 is 4.39 Å². The lowest BCUT2D eigenvalue weighted by molar-refractivity contribution is -0.250. The van der Waals surface area contributed by atoms with Crippen molar-refractivity contribution in [1.82, 2.24) is 9.88 Å².